The van der Waals surface area contributed by atoms with E-state index in [1.54, 1.807) is 18.0 Å². The molecule has 0 amide bonds. The number of halogens is 1. The van der Waals surface area contributed by atoms with Gasteiger partial charge in [-0.3, -0.25) is 0 Å². The molecule has 0 radical (unpaired) electrons. The molecule has 1 atom stereocenters. The van der Waals surface area contributed by atoms with Crippen LogP contribution in [0.25, 0.3) is 0 Å². The third-order valence-corrected chi connectivity index (χ3v) is 4.60. The fourth-order valence-corrected chi connectivity index (χ4v) is 2.90. The summed E-state index contributed by atoms with van der Waals surface area (Å²) < 4.78 is 0. The molecule has 2 aromatic rings. The van der Waals surface area contributed by atoms with Crippen LogP contribution in [-0.4, -0.2) is 10.7 Å². The lowest BCUT2D eigenvalue weighted by Crippen LogP contribution is -2.15. The van der Waals surface area contributed by atoms with Gasteiger partial charge >= 0.3 is 0 Å². The first-order valence-corrected chi connectivity index (χ1v) is 8.33. The summed E-state index contributed by atoms with van der Waals surface area (Å²) in [6.45, 7) is 6.64. The molecule has 2 nitrogen and oxygen atoms in total. The third kappa shape index (κ3) is 4.73. The van der Waals surface area contributed by atoms with E-state index in [1.165, 1.54) is 5.56 Å². The number of hydrogen-bond donors (Lipinski definition) is 1. The molecular formula is C17H21ClN2S. The van der Waals surface area contributed by atoms with Gasteiger partial charge in [-0.1, -0.05) is 56.6 Å². The number of aromatic nitrogens is 1. The zero-order valence-corrected chi connectivity index (χ0v) is 14.2. The van der Waals surface area contributed by atoms with Gasteiger partial charge in [-0.05, 0) is 28.7 Å². The third-order valence-electron chi connectivity index (χ3n) is 3.32. The Labute approximate surface area is 136 Å². The van der Waals surface area contributed by atoms with Crippen LogP contribution in [0.1, 0.15) is 37.9 Å². The highest BCUT2D eigenvalue weighted by molar-refractivity contribution is 7.99. The number of nitrogens with zero attached hydrogens (tertiary/aromatic N) is 1. The molecule has 0 saturated heterocycles. The van der Waals surface area contributed by atoms with Crippen LogP contribution in [-0.2, 0) is 5.41 Å². The van der Waals surface area contributed by atoms with E-state index < -0.39 is 0 Å². The van der Waals surface area contributed by atoms with Gasteiger partial charge in [-0.2, -0.15) is 0 Å². The molecule has 1 unspecified atom stereocenters. The second-order valence-corrected chi connectivity index (χ2v) is 7.58. The Bertz CT molecular complexity index is 573. The van der Waals surface area contributed by atoms with Crippen molar-refractivity contribution in [2.45, 2.75) is 37.3 Å². The molecule has 4 heteroatoms. The average Bonchev–Trinajstić information content (AvgIpc) is 2.45. The first-order valence-electron chi connectivity index (χ1n) is 6.96. The first-order chi connectivity index (χ1) is 9.86. The summed E-state index contributed by atoms with van der Waals surface area (Å²) in [5.74, 6) is 0.795. The molecule has 0 bridgehead atoms. The summed E-state index contributed by atoms with van der Waals surface area (Å²) in [4.78, 5) is 4.27. The molecule has 21 heavy (non-hydrogen) atoms. The molecular weight excluding hydrogens is 300 g/mol. The zero-order chi connectivity index (χ0) is 15.5. The van der Waals surface area contributed by atoms with Gasteiger partial charge in [-0.15, -0.1) is 11.8 Å². The van der Waals surface area contributed by atoms with Gasteiger partial charge in [0.25, 0.3) is 0 Å². The van der Waals surface area contributed by atoms with E-state index in [-0.39, 0.29) is 11.5 Å². The largest absolute Gasteiger partial charge is 0.323 e. The Kier molecular flexibility index (Phi) is 5.31. The molecule has 2 N–H and O–H groups in total. The van der Waals surface area contributed by atoms with Crippen LogP contribution in [0.15, 0.2) is 47.6 Å². The van der Waals surface area contributed by atoms with E-state index >= 15 is 0 Å². The van der Waals surface area contributed by atoms with Crippen LogP contribution < -0.4 is 5.73 Å². The summed E-state index contributed by atoms with van der Waals surface area (Å²) in [7, 11) is 0. The van der Waals surface area contributed by atoms with Crippen molar-refractivity contribution in [1.29, 1.82) is 0 Å². The number of thioether (sulfide) groups is 1. The summed E-state index contributed by atoms with van der Waals surface area (Å²) >= 11 is 7.47. The maximum atomic E-state index is 6.26. The fraction of sp³-hybridized carbons (Fsp3) is 0.353. The zero-order valence-electron chi connectivity index (χ0n) is 12.6. The summed E-state index contributed by atoms with van der Waals surface area (Å²) in [6, 6.07) is 12.4. The minimum atomic E-state index is 0.00139. The molecule has 1 heterocycles. The summed E-state index contributed by atoms with van der Waals surface area (Å²) in [5.41, 5.74) is 8.91. The molecule has 2 rings (SSSR count). The smallest absolute Gasteiger partial charge is 0.0961 e. The highest BCUT2D eigenvalue weighted by Gasteiger charge is 2.14. The maximum Gasteiger partial charge on any atom is 0.0961 e. The minimum absolute atomic E-state index is 0.00139. The summed E-state index contributed by atoms with van der Waals surface area (Å²) in [5, 5.41) is 1.60. The average molecular weight is 321 g/mol. The van der Waals surface area contributed by atoms with Crippen LogP contribution in [0.5, 0.6) is 0 Å². The topological polar surface area (TPSA) is 38.9 Å². The Balaban J connectivity index is 1.97. The van der Waals surface area contributed by atoms with Crippen molar-refractivity contribution >= 4 is 23.4 Å². The van der Waals surface area contributed by atoms with Gasteiger partial charge in [0.1, 0.15) is 0 Å². The van der Waals surface area contributed by atoms with Gasteiger partial charge < -0.3 is 5.73 Å². The van der Waals surface area contributed by atoms with Crippen molar-refractivity contribution in [3.8, 4) is 0 Å². The van der Waals surface area contributed by atoms with Gasteiger partial charge in [-0.25, -0.2) is 4.98 Å². The molecule has 0 aliphatic heterocycles. The Hall–Kier alpha value is -1.03. The van der Waals surface area contributed by atoms with Gasteiger partial charge in [0.05, 0.1) is 10.0 Å². The lowest BCUT2D eigenvalue weighted by Gasteiger charge is -2.20. The van der Waals surface area contributed by atoms with E-state index in [0.29, 0.717) is 5.02 Å². The number of nitrogens with two attached hydrogens (primary N) is 1. The highest BCUT2D eigenvalue weighted by atomic mass is 35.5. The number of hydrogen-bond acceptors (Lipinski definition) is 3. The van der Waals surface area contributed by atoms with E-state index in [0.717, 1.165) is 16.3 Å². The van der Waals surface area contributed by atoms with Crippen molar-refractivity contribution in [3.63, 3.8) is 0 Å². The van der Waals surface area contributed by atoms with E-state index in [4.69, 9.17) is 17.3 Å². The number of pyridine rings is 1. The second-order valence-electron chi connectivity index (χ2n) is 6.10. The molecule has 112 valence electrons. The predicted molar refractivity (Wildman–Crippen MR) is 92.0 cm³/mol. The van der Waals surface area contributed by atoms with Crippen LogP contribution in [0.3, 0.4) is 0 Å². The van der Waals surface area contributed by atoms with Crippen molar-refractivity contribution in [2.75, 3.05) is 5.75 Å². The van der Waals surface area contributed by atoms with Crippen molar-refractivity contribution in [1.82, 2.24) is 4.98 Å². The number of rotatable bonds is 4. The lowest BCUT2D eigenvalue weighted by molar-refractivity contribution is 0.589. The van der Waals surface area contributed by atoms with E-state index in [1.807, 2.05) is 12.1 Å². The van der Waals surface area contributed by atoms with Gasteiger partial charge in [0.15, 0.2) is 0 Å². The number of benzene rings is 1. The Morgan fingerprint density at radius 1 is 1.14 bits per heavy atom. The van der Waals surface area contributed by atoms with Gasteiger partial charge in [0.2, 0.25) is 0 Å². The SMILES string of the molecule is CC(C)(C)c1ccc(C(N)CSc2ccc(Cl)cn2)cc1. The fourth-order valence-electron chi connectivity index (χ4n) is 1.95. The standard InChI is InChI=1S/C17H21ClN2S/c1-17(2,3)13-6-4-12(5-7-13)15(19)11-21-16-9-8-14(18)10-20-16/h4-10,15H,11,19H2,1-3H3. The quantitative estimate of drug-likeness (QED) is 0.820. The molecule has 0 spiro atoms. The normalized spacial score (nSPS) is 13.2. The Morgan fingerprint density at radius 2 is 1.81 bits per heavy atom. The predicted octanol–water partition coefficient (Wildman–Crippen LogP) is 4.82. The van der Waals surface area contributed by atoms with E-state index in [9.17, 15) is 0 Å². The monoisotopic (exact) mass is 320 g/mol. The minimum Gasteiger partial charge on any atom is -0.323 e. The molecule has 0 aliphatic rings. The van der Waals surface area contributed by atoms with Crippen LogP contribution in [0, 0.1) is 0 Å². The van der Waals surface area contributed by atoms with Crippen molar-refractivity contribution in [2.24, 2.45) is 5.73 Å². The molecule has 1 aromatic heterocycles. The highest BCUT2D eigenvalue weighted by Crippen LogP contribution is 2.26. The summed E-state index contributed by atoms with van der Waals surface area (Å²) in [6.07, 6.45) is 1.66. The molecule has 0 aliphatic carbocycles. The molecule has 1 aromatic carbocycles. The van der Waals surface area contributed by atoms with Crippen LogP contribution in [0.4, 0.5) is 0 Å². The van der Waals surface area contributed by atoms with Gasteiger partial charge in [0, 0.05) is 18.0 Å². The molecule has 0 saturated carbocycles. The maximum absolute atomic E-state index is 6.26. The van der Waals surface area contributed by atoms with Crippen LogP contribution in [0.2, 0.25) is 5.02 Å². The second kappa shape index (κ2) is 6.82. The van der Waals surface area contributed by atoms with E-state index in [2.05, 4.69) is 50.0 Å². The Morgan fingerprint density at radius 3 is 2.33 bits per heavy atom. The lowest BCUT2D eigenvalue weighted by atomic mass is 9.86. The first kappa shape index (κ1) is 16.3. The van der Waals surface area contributed by atoms with Crippen molar-refractivity contribution < 1.29 is 0 Å². The van der Waals surface area contributed by atoms with Crippen molar-refractivity contribution in [3.05, 3.63) is 58.7 Å². The molecule has 0 fully saturated rings. The van der Waals surface area contributed by atoms with Crippen LogP contribution >= 0.6 is 23.4 Å².